The van der Waals surface area contributed by atoms with Crippen LogP contribution in [0.5, 0.6) is 0 Å². The van der Waals surface area contributed by atoms with Crippen molar-refractivity contribution < 1.29 is 23.1 Å². The number of hydrogen-bond acceptors (Lipinski definition) is 5. The molecule has 166 valence electrons. The number of rotatable bonds is 5. The number of carbonyl (C=O) groups is 1. The molecule has 0 unspecified atom stereocenters. The molecule has 0 aromatic heterocycles. The maximum atomic E-state index is 11.6. The van der Waals surface area contributed by atoms with E-state index in [1.807, 2.05) is 6.92 Å². The maximum Gasteiger partial charge on any atom is 0.304 e. The molecule has 5 nitrogen and oxygen atoms in total. The first-order valence-corrected chi connectivity index (χ1v) is 17.2. The van der Waals surface area contributed by atoms with Crippen molar-refractivity contribution in [2.45, 2.75) is 120 Å². The van der Waals surface area contributed by atoms with E-state index >= 15 is 0 Å². The third-order valence-corrected chi connectivity index (χ3v) is 16.7. The van der Waals surface area contributed by atoms with Gasteiger partial charge in [-0.2, -0.15) is 0 Å². The zero-order chi connectivity index (χ0) is 22.3. The highest BCUT2D eigenvalue weighted by molar-refractivity contribution is 14.1. The van der Waals surface area contributed by atoms with Gasteiger partial charge in [0.05, 0.1) is 18.3 Å². The highest BCUT2D eigenvalue weighted by Crippen LogP contribution is 2.44. The third-order valence-electron chi connectivity index (χ3n) is 6.46. The van der Waals surface area contributed by atoms with Crippen molar-refractivity contribution in [1.82, 2.24) is 0 Å². The van der Waals surface area contributed by atoms with Gasteiger partial charge in [0.25, 0.3) is 0 Å². The molecular formula is C20H41IO5Si2. The summed E-state index contributed by atoms with van der Waals surface area (Å²) in [6.07, 6.45) is -1.23. The van der Waals surface area contributed by atoms with Gasteiger partial charge in [0, 0.05) is 6.92 Å². The van der Waals surface area contributed by atoms with Crippen LogP contribution in [-0.2, 0) is 23.1 Å². The minimum Gasteiger partial charge on any atom is -0.435 e. The first-order valence-electron chi connectivity index (χ1n) is 10.1. The molecule has 1 rings (SSSR count). The van der Waals surface area contributed by atoms with E-state index in [0.717, 1.165) is 0 Å². The summed E-state index contributed by atoms with van der Waals surface area (Å²) in [5, 5.41) is 0.158. The Labute approximate surface area is 188 Å². The smallest absolute Gasteiger partial charge is 0.304 e. The van der Waals surface area contributed by atoms with Crippen molar-refractivity contribution in [1.29, 1.82) is 0 Å². The monoisotopic (exact) mass is 544 g/mol. The first kappa shape index (κ1) is 26.5. The second-order valence-electron chi connectivity index (χ2n) is 10.9. The summed E-state index contributed by atoms with van der Waals surface area (Å²) in [6, 6.07) is 0. The lowest BCUT2D eigenvalue weighted by molar-refractivity contribution is -0.229. The van der Waals surface area contributed by atoms with Crippen LogP contribution < -0.4 is 0 Å². The van der Waals surface area contributed by atoms with Crippen molar-refractivity contribution in [3.05, 3.63) is 0 Å². The minimum absolute atomic E-state index is 0.0728. The Morgan fingerprint density at radius 1 is 0.893 bits per heavy atom. The summed E-state index contributed by atoms with van der Waals surface area (Å²) in [4.78, 5) is 11.6. The van der Waals surface area contributed by atoms with Gasteiger partial charge < -0.3 is 18.3 Å². The van der Waals surface area contributed by atoms with Crippen LogP contribution in [0.25, 0.3) is 0 Å². The molecule has 0 aliphatic carbocycles. The van der Waals surface area contributed by atoms with E-state index in [1.54, 1.807) is 0 Å². The normalized spacial score (nSPS) is 30.2. The van der Waals surface area contributed by atoms with Crippen LogP contribution in [0.4, 0.5) is 0 Å². The van der Waals surface area contributed by atoms with Gasteiger partial charge in [-0.25, -0.2) is 0 Å². The molecule has 0 spiro atoms. The molecule has 28 heavy (non-hydrogen) atoms. The molecule has 8 heteroatoms. The Bertz CT molecular complexity index is 554. The molecule has 0 bridgehead atoms. The summed E-state index contributed by atoms with van der Waals surface area (Å²) in [6.45, 7) is 25.8. The number of alkyl halides is 1. The van der Waals surface area contributed by atoms with Crippen LogP contribution >= 0.6 is 22.6 Å². The molecule has 1 aliphatic heterocycles. The van der Waals surface area contributed by atoms with Crippen molar-refractivity contribution in [2.24, 2.45) is 0 Å². The lowest BCUT2D eigenvalue weighted by Gasteiger charge is -2.51. The molecule has 1 saturated heterocycles. The second kappa shape index (κ2) is 8.94. The molecule has 5 atom stereocenters. The van der Waals surface area contributed by atoms with E-state index in [4.69, 9.17) is 18.3 Å². The zero-order valence-corrected chi connectivity index (χ0v) is 24.0. The molecule has 1 heterocycles. The predicted molar refractivity (Wildman–Crippen MR) is 128 cm³/mol. The first-order chi connectivity index (χ1) is 12.3. The fourth-order valence-electron chi connectivity index (χ4n) is 2.55. The lowest BCUT2D eigenvalue weighted by atomic mass is 10.0. The Hall–Kier alpha value is 0.514. The number of halogens is 1. The number of ether oxygens (including phenoxy) is 2. The molecule has 0 N–H and O–H groups in total. The average molecular weight is 545 g/mol. The number of esters is 1. The summed E-state index contributed by atoms with van der Waals surface area (Å²) < 4.78 is 25.1. The maximum absolute atomic E-state index is 11.6. The van der Waals surface area contributed by atoms with Gasteiger partial charge in [-0.1, -0.05) is 64.1 Å². The van der Waals surface area contributed by atoms with Gasteiger partial charge in [0.2, 0.25) is 6.29 Å². The third kappa shape index (κ3) is 6.26. The van der Waals surface area contributed by atoms with Gasteiger partial charge in [-0.05, 0) is 43.2 Å². The lowest BCUT2D eigenvalue weighted by Crippen LogP contribution is -2.63. The van der Waals surface area contributed by atoms with E-state index in [-0.39, 0.29) is 38.3 Å². The Morgan fingerprint density at radius 2 is 1.29 bits per heavy atom. The van der Waals surface area contributed by atoms with Crippen molar-refractivity contribution in [3.63, 3.8) is 0 Å². The molecule has 0 saturated carbocycles. The highest BCUT2D eigenvalue weighted by Gasteiger charge is 2.52. The van der Waals surface area contributed by atoms with E-state index in [0.29, 0.717) is 0 Å². The van der Waals surface area contributed by atoms with Crippen LogP contribution in [0.1, 0.15) is 55.4 Å². The molecular weight excluding hydrogens is 503 g/mol. The number of hydrogen-bond donors (Lipinski definition) is 0. The van der Waals surface area contributed by atoms with Crippen molar-refractivity contribution in [3.8, 4) is 0 Å². The zero-order valence-electron chi connectivity index (χ0n) is 19.8. The van der Waals surface area contributed by atoms with Crippen molar-refractivity contribution in [2.75, 3.05) is 0 Å². The summed E-state index contributed by atoms with van der Waals surface area (Å²) >= 11 is 2.31. The number of carbonyl (C=O) groups excluding carboxylic acids is 1. The summed E-state index contributed by atoms with van der Waals surface area (Å²) in [7, 11) is -4.10. The van der Waals surface area contributed by atoms with Gasteiger partial charge in [-0.15, -0.1) is 0 Å². The quantitative estimate of drug-likeness (QED) is 0.187. The largest absolute Gasteiger partial charge is 0.435 e. The molecule has 0 amide bonds. The van der Waals surface area contributed by atoms with E-state index in [1.165, 1.54) is 6.92 Å². The molecule has 0 aromatic carbocycles. The van der Waals surface area contributed by atoms with Gasteiger partial charge in [0.1, 0.15) is 3.92 Å². The Balaban J connectivity index is 3.28. The molecule has 1 aliphatic rings. The second-order valence-corrected chi connectivity index (χ2v) is 21.9. The van der Waals surface area contributed by atoms with Gasteiger partial charge in [-0.3, -0.25) is 4.79 Å². The Kier molecular flexibility index (Phi) is 8.48. The fraction of sp³-hybridized carbons (Fsp3) is 0.950. The van der Waals surface area contributed by atoms with Crippen LogP contribution in [0, 0.1) is 0 Å². The highest BCUT2D eigenvalue weighted by atomic mass is 127. The van der Waals surface area contributed by atoms with E-state index in [2.05, 4.69) is 90.3 Å². The topological polar surface area (TPSA) is 54.0 Å². The van der Waals surface area contributed by atoms with Crippen LogP contribution in [-0.4, -0.2) is 51.1 Å². The van der Waals surface area contributed by atoms with E-state index < -0.39 is 22.9 Å². The van der Waals surface area contributed by atoms with Crippen LogP contribution in [0.2, 0.25) is 36.3 Å². The van der Waals surface area contributed by atoms with Crippen molar-refractivity contribution >= 4 is 45.2 Å². The fourth-order valence-corrected chi connectivity index (χ4v) is 6.38. The molecule has 0 radical (unpaired) electrons. The summed E-state index contributed by atoms with van der Waals surface area (Å²) in [5.41, 5.74) is 0. The van der Waals surface area contributed by atoms with Crippen LogP contribution in [0.15, 0.2) is 0 Å². The van der Waals surface area contributed by atoms with Gasteiger partial charge in [0.15, 0.2) is 16.6 Å². The predicted octanol–water partition coefficient (Wildman–Crippen LogP) is 5.88. The average Bonchev–Trinajstić information content (AvgIpc) is 2.45. The molecule has 1 fully saturated rings. The summed E-state index contributed by atoms with van der Waals surface area (Å²) in [5.74, 6) is -0.339. The molecule has 0 aromatic rings. The Morgan fingerprint density at radius 3 is 1.64 bits per heavy atom. The minimum atomic E-state index is -2.06. The SMILES string of the molecule is CC(=O)O[C@H]1O[C@H](C)[C@@H](O[Si](C)(C)C(C)(C)C)[C@H](O[Si](C)(C)C(C)(C)C)[C@@H]1I. The standard InChI is InChI=1S/C20H41IO5Si2/c1-13-16(25-27(9,10)19(3,4)5)17(26-28(11,12)20(6,7)8)15(21)18(23-13)24-14(2)22/h13,15-18H,1-12H3/t13-,15+,16-,17-,18-/m1/s1. The van der Waals surface area contributed by atoms with E-state index in [9.17, 15) is 4.79 Å². The van der Waals surface area contributed by atoms with Crippen LogP contribution in [0.3, 0.4) is 0 Å². The van der Waals surface area contributed by atoms with Gasteiger partial charge >= 0.3 is 5.97 Å².